The van der Waals surface area contributed by atoms with Gasteiger partial charge in [0.1, 0.15) is 0 Å². The molecule has 28 heavy (non-hydrogen) atoms. The molecule has 0 nitrogen and oxygen atoms in total. The molecule has 1 atom stereocenters. The zero-order valence-corrected chi connectivity index (χ0v) is 16.7. The molecule has 4 aromatic carbocycles. The van der Waals surface area contributed by atoms with Crippen LogP contribution in [0.1, 0.15) is 34.7 Å². The Kier molecular flexibility index (Phi) is 3.77. The second-order valence-electron chi connectivity index (χ2n) is 8.03. The number of hydrogen-bond acceptors (Lipinski definition) is 0. The molecule has 0 fully saturated rings. The Hall–Kier alpha value is -3.12. The van der Waals surface area contributed by atoms with Crippen molar-refractivity contribution in [2.75, 3.05) is 0 Å². The Morgan fingerprint density at radius 1 is 0.464 bits per heavy atom. The van der Waals surface area contributed by atoms with Gasteiger partial charge < -0.3 is 0 Å². The highest BCUT2D eigenvalue weighted by atomic mass is 14.4. The zero-order chi connectivity index (χ0) is 19.3. The summed E-state index contributed by atoms with van der Waals surface area (Å²) in [6.45, 7) is 6.83. The van der Waals surface area contributed by atoms with Crippen molar-refractivity contribution in [1.29, 1.82) is 0 Å². The van der Waals surface area contributed by atoms with Crippen LogP contribution in [-0.2, 0) is 5.41 Å². The number of benzene rings is 4. The van der Waals surface area contributed by atoms with Gasteiger partial charge in [-0.15, -0.1) is 0 Å². The molecular weight excluding hydrogens is 336 g/mol. The molecule has 0 heterocycles. The van der Waals surface area contributed by atoms with Gasteiger partial charge in [0.25, 0.3) is 0 Å². The van der Waals surface area contributed by atoms with Gasteiger partial charge in [0.05, 0.1) is 0 Å². The summed E-state index contributed by atoms with van der Waals surface area (Å²) in [5.41, 5.74) is 12.1. The Labute approximate surface area is 167 Å². The van der Waals surface area contributed by atoms with Gasteiger partial charge in [0, 0.05) is 5.41 Å². The SMILES string of the molecule is Cc1ccccc1-c1ccccc1C1(C)c2ccccc2-c2c(C)cccc21. The van der Waals surface area contributed by atoms with Crippen LogP contribution in [0.2, 0.25) is 0 Å². The Morgan fingerprint density at radius 3 is 1.68 bits per heavy atom. The molecule has 1 aliphatic carbocycles. The van der Waals surface area contributed by atoms with Crippen LogP contribution in [0.25, 0.3) is 22.3 Å². The van der Waals surface area contributed by atoms with Gasteiger partial charge >= 0.3 is 0 Å². The molecule has 136 valence electrons. The van der Waals surface area contributed by atoms with E-state index in [-0.39, 0.29) is 5.41 Å². The number of aryl methyl sites for hydroxylation is 2. The summed E-state index contributed by atoms with van der Waals surface area (Å²) in [5, 5.41) is 0. The summed E-state index contributed by atoms with van der Waals surface area (Å²) in [7, 11) is 0. The van der Waals surface area contributed by atoms with Crippen LogP contribution < -0.4 is 0 Å². The highest BCUT2D eigenvalue weighted by molar-refractivity contribution is 5.87. The highest BCUT2D eigenvalue weighted by Gasteiger charge is 2.42. The van der Waals surface area contributed by atoms with Crippen LogP contribution >= 0.6 is 0 Å². The van der Waals surface area contributed by atoms with Crippen LogP contribution in [0.15, 0.2) is 91.0 Å². The van der Waals surface area contributed by atoms with Crippen molar-refractivity contribution in [2.45, 2.75) is 26.2 Å². The van der Waals surface area contributed by atoms with Gasteiger partial charge in [-0.3, -0.25) is 0 Å². The second-order valence-corrected chi connectivity index (χ2v) is 8.03. The minimum atomic E-state index is -0.170. The summed E-state index contributed by atoms with van der Waals surface area (Å²) in [5.74, 6) is 0. The third-order valence-electron chi connectivity index (χ3n) is 6.45. The molecule has 0 saturated heterocycles. The molecule has 0 radical (unpaired) electrons. The molecule has 0 aliphatic heterocycles. The fourth-order valence-corrected chi connectivity index (χ4v) is 5.04. The standard InChI is InChI=1S/C28H24/c1-19-11-4-5-13-21(19)22-14-6-8-16-24(22)28(3)25-17-9-7-15-23(25)27-20(2)12-10-18-26(27)28/h4-18H,1-3H3. The first-order valence-electron chi connectivity index (χ1n) is 9.98. The van der Waals surface area contributed by atoms with E-state index in [0.717, 1.165) is 0 Å². The quantitative estimate of drug-likeness (QED) is 0.352. The third kappa shape index (κ3) is 2.24. The van der Waals surface area contributed by atoms with E-state index in [1.54, 1.807) is 0 Å². The lowest BCUT2D eigenvalue weighted by Gasteiger charge is -2.31. The lowest BCUT2D eigenvalue weighted by molar-refractivity contribution is 0.715. The predicted molar refractivity (Wildman–Crippen MR) is 119 cm³/mol. The van der Waals surface area contributed by atoms with Crippen LogP contribution in [0.4, 0.5) is 0 Å². The van der Waals surface area contributed by atoms with Crippen molar-refractivity contribution in [3.63, 3.8) is 0 Å². The van der Waals surface area contributed by atoms with Crippen LogP contribution in [0.3, 0.4) is 0 Å². The summed E-state index contributed by atoms with van der Waals surface area (Å²) in [4.78, 5) is 0. The van der Waals surface area contributed by atoms with Crippen molar-refractivity contribution in [3.8, 4) is 22.3 Å². The predicted octanol–water partition coefficient (Wildman–Crippen LogP) is 7.31. The molecule has 1 aliphatic rings. The van der Waals surface area contributed by atoms with Gasteiger partial charge in [0.15, 0.2) is 0 Å². The topological polar surface area (TPSA) is 0 Å². The van der Waals surface area contributed by atoms with E-state index in [1.807, 2.05) is 0 Å². The van der Waals surface area contributed by atoms with Crippen molar-refractivity contribution >= 4 is 0 Å². The summed E-state index contributed by atoms with van der Waals surface area (Å²) >= 11 is 0. The molecule has 1 unspecified atom stereocenters. The van der Waals surface area contributed by atoms with Gasteiger partial charge in [-0.25, -0.2) is 0 Å². The van der Waals surface area contributed by atoms with Gasteiger partial charge in [-0.1, -0.05) is 91.0 Å². The maximum absolute atomic E-state index is 2.40. The Bertz CT molecular complexity index is 1200. The monoisotopic (exact) mass is 360 g/mol. The molecule has 0 aromatic heterocycles. The molecule has 0 heteroatoms. The number of hydrogen-bond donors (Lipinski definition) is 0. The minimum Gasteiger partial charge on any atom is -0.0620 e. The van der Waals surface area contributed by atoms with E-state index in [1.165, 1.54) is 50.1 Å². The summed E-state index contributed by atoms with van der Waals surface area (Å²) < 4.78 is 0. The lowest BCUT2D eigenvalue weighted by Crippen LogP contribution is -2.23. The lowest BCUT2D eigenvalue weighted by atomic mass is 9.71. The van der Waals surface area contributed by atoms with Crippen molar-refractivity contribution in [1.82, 2.24) is 0 Å². The second kappa shape index (κ2) is 6.21. The van der Waals surface area contributed by atoms with Crippen LogP contribution in [-0.4, -0.2) is 0 Å². The van der Waals surface area contributed by atoms with Gasteiger partial charge in [-0.2, -0.15) is 0 Å². The Morgan fingerprint density at radius 2 is 0.964 bits per heavy atom. The van der Waals surface area contributed by atoms with E-state index in [4.69, 9.17) is 0 Å². The number of fused-ring (bicyclic) bond motifs is 3. The first-order chi connectivity index (χ1) is 13.6. The third-order valence-corrected chi connectivity index (χ3v) is 6.45. The maximum Gasteiger partial charge on any atom is 0.0441 e. The summed E-state index contributed by atoms with van der Waals surface area (Å²) in [6, 6.07) is 33.3. The molecular formula is C28H24. The normalized spacial score (nSPS) is 17.2. The smallest absolute Gasteiger partial charge is 0.0441 e. The van der Waals surface area contributed by atoms with Crippen molar-refractivity contribution in [2.24, 2.45) is 0 Å². The van der Waals surface area contributed by atoms with E-state index >= 15 is 0 Å². The van der Waals surface area contributed by atoms with E-state index in [2.05, 4.69) is 112 Å². The molecule has 4 aromatic rings. The molecule has 0 bridgehead atoms. The van der Waals surface area contributed by atoms with Gasteiger partial charge in [-0.05, 0) is 70.8 Å². The van der Waals surface area contributed by atoms with Crippen LogP contribution in [0.5, 0.6) is 0 Å². The van der Waals surface area contributed by atoms with E-state index in [9.17, 15) is 0 Å². The van der Waals surface area contributed by atoms with E-state index < -0.39 is 0 Å². The fourth-order valence-electron chi connectivity index (χ4n) is 5.04. The average Bonchev–Trinajstić information content (AvgIpc) is 3.00. The Balaban J connectivity index is 1.87. The molecule has 0 saturated carbocycles. The number of rotatable bonds is 2. The van der Waals surface area contributed by atoms with Crippen molar-refractivity contribution < 1.29 is 0 Å². The molecule has 0 amide bonds. The van der Waals surface area contributed by atoms with Crippen molar-refractivity contribution in [3.05, 3.63) is 119 Å². The largest absolute Gasteiger partial charge is 0.0620 e. The molecule has 5 rings (SSSR count). The first kappa shape index (κ1) is 17.0. The van der Waals surface area contributed by atoms with Crippen LogP contribution in [0, 0.1) is 13.8 Å². The molecule has 0 spiro atoms. The van der Waals surface area contributed by atoms with E-state index in [0.29, 0.717) is 0 Å². The highest BCUT2D eigenvalue weighted by Crippen LogP contribution is 2.54. The van der Waals surface area contributed by atoms with Gasteiger partial charge in [0.2, 0.25) is 0 Å². The molecule has 0 N–H and O–H groups in total. The summed E-state index contributed by atoms with van der Waals surface area (Å²) in [6.07, 6.45) is 0. The maximum atomic E-state index is 2.40. The zero-order valence-electron chi connectivity index (χ0n) is 16.7. The minimum absolute atomic E-state index is 0.170. The average molecular weight is 361 g/mol. The first-order valence-corrected chi connectivity index (χ1v) is 9.98. The fraction of sp³-hybridized carbons (Fsp3) is 0.143.